The van der Waals surface area contributed by atoms with Crippen molar-refractivity contribution in [3.8, 4) is 0 Å². The van der Waals surface area contributed by atoms with Crippen molar-refractivity contribution >= 4 is 11.7 Å². The highest BCUT2D eigenvalue weighted by Gasteiger charge is 2.12. The minimum absolute atomic E-state index is 0.0526. The Morgan fingerprint density at radius 1 is 1.15 bits per heavy atom. The van der Waals surface area contributed by atoms with E-state index in [2.05, 4.69) is 15.6 Å². The van der Waals surface area contributed by atoms with E-state index < -0.39 is 0 Å². The van der Waals surface area contributed by atoms with Gasteiger partial charge in [0.05, 0.1) is 6.04 Å². The number of pyridine rings is 1. The maximum Gasteiger partial charge on any atom is 0.270 e. The van der Waals surface area contributed by atoms with E-state index in [0.29, 0.717) is 11.5 Å². The summed E-state index contributed by atoms with van der Waals surface area (Å²) in [6, 6.07) is 13.4. The fraction of sp³-hybridized carbons (Fsp3) is 0.250. The molecule has 2 N–H and O–H groups in total. The third-order valence-electron chi connectivity index (χ3n) is 3.16. The molecule has 1 aromatic carbocycles. The lowest BCUT2D eigenvalue weighted by molar-refractivity contribution is 0.0935. The van der Waals surface area contributed by atoms with Gasteiger partial charge in [-0.3, -0.25) is 4.79 Å². The first-order valence-corrected chi connectivity index (χ1v) is 6.62. The highest BCUT2D eigenvalue weighted by molar-refractivity contribution is 5.92. The summed E-state index contributed by atoms with van der Waals surface area (Å²) in [6.45, 7) is 4.00. The summed E-state index contributed by atoms with van der Waals surface area (Å²) in [5, 5.41) is 5.88. The molecule has 0 bridgehead atoms. The quantitative estimate of drug-likeness (QED) is 0.897. The Bertz CT molecular complexity index is 593. The predicted molar refractivity (Wildman–Crippen MR) is 80.8 cm³/mol. The van der Waals surface area contributed by atoms with Gasteiger partial charge in [0, 0.05) is 7.05 Å². The van der Waals surface area contributed by atoms with Crippen LogP contribution in [0, 0.1) is 6.92 Å². The molecule has 0 aliphatic carbocycles. The van der Waals surface area contributed by atoms with Gasteiger partial charge in [0.25, 0.3) is 5.91 Å². The highest BCUT2D eigenvalue weighted by Crippen LogP contribution is 2.14. The Kier molecular flexibility index (Phi) is 4.35. The largest absolute Gasteiger partial charge is 0.373 e. The fourth-order valence-electron chi connectivity index (χ4n) is 1.91. The molecule has 0 saturated carbocycles. The number of amides is 1. The van der Waals surface area contributed by atoms with Crippen molar-refractivity contribution in [3.05, 3.63) is 59.3 Å². The number of rotatable bonds is 4. The second-order valence-corrected chi connectivity index (χ2v) is 4.76. The zero-order valence-corrected chi connectivity index (χ0v) is 12.0. The molecular weight excluding hydrogens is 250 g/mol. The van der Waals surface area contributed by atoms with Gasteiger partial charge in [0.2, 0.25) is 0 Å². The van der Waals surface area contributed by atoms with Crippen molar-refractivity contribution in [3.63, 3.8) is 0 Å². The van der Waals surface area contributed by atoms with E-state index in [4.69, 9.17) is 0 Å². The Hall–Kier alpha value is -2.36. The molecule has 1 atom stereocenters. The summed E-state index contributed by atoms with van der Waals surface area (Å²) in [7, 11) is 1.78. The SMILES string of the molecule is CNc1cccc(C(=O)NC(C)c2ccc(C)cc2)n1. The van der Waals surface area contributed by atoms with Crippen molar-refractivity contribution < 1.29 is 4.79 Å². The van der Waals surface area contributed by atoms with Gasteiger partial charge in [-0.25, -0.2) is 4.98 Å². The van der Waals surface area contributed by atoms with Gasteiger partial charge in [-0.2, -0.15) is 0 Å². The van der Waals surface area contributed by atoms with E-state index >= 15 is 0 Å². The Balaban J connectivity index is 2.08. The monoisotopic (exact) mass is 269 g/mol. The lowest BCUT2D eigenvalue weighted by Crippen LogP contribution is -2.27. The van der Waals surface area contributed by atoms with Crippen LogP contribution in [0.3, 0.4) is 0 Å². The number of nitrogens with zero attached hydrogens (tertiary/aromatic N) is 1. The molecular formula is C16H19N3O. The average Bonchev–Trinajstić information content (AvgIpc) is 2.47. The number of nitrogens with one attached hydrogen (secondary N) is 2. The molecule has 0 spiro atoms. The van der Waals surface area contributed by atoms with Crippen molar-refractivity contribution in [2.24, 2.45) is 0 Å². The number of aryl methyl sites for hydroxylation is 1. The van der Waals surface area contributed by atoms with Crippen molar-refractivity contribution in [2.75, 3.05) is 12.4 Å². The van der Waals surface area contributed by atoms with Gasteiger partial charge in [0.15, 0.2) is 0 Å². The fourth-order valence-corrected chi connectivity index (χ4v) is 1.91. The molecule has 4 nitrogen and oxygen atoms in total. The molecule has 0 aliphatic rings. The van der Waals surface area contributed by atoms with Gasteiger partial charge in [-0.1, -0.05) is 35.9 Å². The van der Waals surface area contributed by atoms with E-state index in [1.807, 2.05) is 50.2 Å². The van der Waals surface area contributed by atoms with Crippen LogP contribution < -0.4 is 10.6 Å². The van der Waals surface area contributed by atoms with Crippen LogP contribution in [-0.2, 0) is 0 Å². The number of anilines is 1. The zero-order valence-electron chi connectivity index (χ0n) is 12.0. The number of aromatic nitrogens is 1. The van der Waals surface area contributed by atoms with E-state index in [1.54, 1.807) is 13.1 Å². The van der Waals surface area contributed by atoms with Gasteiger partial charge in [-0.05, 0) is 31.5 Å². The van der Waals surface area contributed by atoms with E-state index in [0.717, 1.165) is 5.56 Å². The molecule has 1 amide bonds. The van der Waals surface area contributed by atoms with E-state index in [1.165, 1.54) is 5.56 Å². The maximum absolute atomic E-state index is 12.2. The molecule has 2 aromatic rings. The van der Waals surface area contributed by atoms with E-state index in [9.17, 15) is 4.79 Å². The normalized spacial score (nSPS) is 11.8. The molecule has 1 heterocycles. The number of benzene rings is 1. The topological polar surface area (TPSA) is 54.0 Å². The Labute approximate surface area is 119 Å². The van der Waals surface area contributed by atoms with Crippen LogP contribution in [0.15, 0.2) is 42.5 Å². The van der Waals surface area contributed by atoms with Gasteiger partial charge < -0.3 is 10.6 Å². The molecule has 2 rings (SSSR count). The average molecular weight is 269 g/mol. The summed E-state index contributed by atoms with van der Waals surface area (Å²) >= 11 is 0. The molecule has 0 radical (unpaired) electrons. The van der Waals surface area contributed by atoms with Gasteiger partial charge in [-0.15, -0.1) is 0 Å². The summed E-state index contributed by atoms with van der Waals surface area (Å²) in [4.78, 5) is 16.4. The molecule has 20 heavy (non-hydrogen) atoms. The van der Waals surface area contributed by atoms with Crippen LogP contribution >= 0.6 is 0 Å². The van der Waals surface area contributed by atoms with E-state index in [-0.39, 0.29) is 11.9 Å². The van der Waals surface area contributed by atoms with Crippen LogP contribution in [0.25, 0.3) is 0 Å². The Morgan fingerprint density at radius 2 is 1.85 bits per heavy atom. The summed E-state index contributed by atoms with van der Waals surface area (Å²) in [5.74, 6) is 0.510. The minimum atomic E-state index is -0.171. The summed E-state index contributed by atoms with van der Waals surface area (Å²) in [6.07, 6.45) is 0. The molecule has 1 unspecified atom stereocenters. The molecule has 1 aromatic heterocycles. The van der Waals surface area contributed by atoms with Crippen LogP contribution in [0.2, 0.25) is 0 Å². The molecule has 0 fully saturated rings. The predicted octanol–water partition coefficient (Wildman–Crippen LogP) is 2.92. The van der Waals surface area contributed by atoms with Crippen molar-refractivity contribution in [1.29, 1.82) is 0 Å². The number of carbonyl (C=O) groups excluding carboxylic acids is 1. The smallest absolute Gasteiger partial charge is 0.270 e. The lowest BCUT2D eigenvalue weighted by atomic mass is 10.1. The highest BCUT2D eigenvalue weighted by atomic mass is 16.1. The van der Waals surface area contributed by atoms with Crippen molar-refractivity contribution in [2.45, 2.75) is 19.9 Å². The van der Waals surface area contributed by atoms with Crippen LogP contribution in [0.4, 0.5) is 5.82 Å². The molecule has 4 heteroatoms. The standard InChI is InChI=1S/C16H19N3O/c1-11-7-9-13(10-8-11)12(2)18-16(20)14-5-4-6-15(17-3)19-14/h4-10,12H,1-3H3,(H,17,19)(H,18,20). The number of carbonyl (C=O) groups is 1. The Morgan fingerprint density at radius 3 is 2.50 bits per heavy atom. The first-order chi connectivity index (χ1) is 9.60. The van der Waals surface area contributed by atoms with Crippen molar-refractivity contribution in [1.82, 2.24) is 10.3 Å². The van der Waals surface area contributed by atoms with Gasteiger partial charge in [0.1, 0.15) is 11.5 Å². The molecule has 0 saturated heterocycles. The second kappa shape index (κ2) is 6.19. The van der Waals surface area contributed by atoms with Crippen LogP contribution in [-0.4, -0.2) is 17.9 Å². The molecule has 104 valence electrons. The summed E-state index contributed by atoms with van der Waals surface area (Å²) in [5.41, 5.74) is 2.69. The van der Waals surface area contributed by atoms with Gasteiger partial charge >= 0.3 is 0 Å². The second-order valence-electron chi connectivity index (χ2n) is 4.76. The molecule has 0 aliphatic heterocycles. The lowest BCUT2D eigenvalue weighted by Gasteiger charge is -2.14. The number of hydrogen-bond donors (Lipinski definition) is 2. The van der Waals surface area contributed by atoms with Crippen LogP contribution in [0.5, 0.6) is 0 Å². The summed E-state index contributed by atoms with van der Waals surface area (Å²) < 4.78 is 0. The maximum atomic E-state index is 12.2. The minimum Gasteiger partial charge on any atom is -0.373 e. The zero-order chi connectivity index (χ0) is 14.5. The third kappa shape index (κ3) is 3.35. The number of hydrogen-bond acceptors (Lipinski definition) is 3. The van der Waals surface area contributed by atoms with Crippen LogP contribution in [0.1, 0.15) is 34.6 Å². The first kappa shape index (κ1) is 14.1. The third-order valence-corrected chi connectivity index (χ3v) is 3.16. The first-order valence-electron chi connectivity index (χ1n) is 6.62.